The topological polar surface area (TPSA) is 71.1 Å². The molecule has 0 aliphatic heterocycles. The fourth-order valence-electron chi connectivity index (χ4n) is 2.08. The largest absolute Gasteiger partial charge is 0.340 e. The van der Waals surface area contributed by atoms with Crippen molar-refractivity contribution in [2.75, 3.05) is 17.3 Å². The smallest absolute Gasteiger partial charge is 0.253 e. The highest BCUT2D eigenvalue weighted by atomic mass is 35.5. The SMILES string of the molecule is CSCCC(NC(=O)c1ccc(Cl)cc1Cl)C(=O)Nc1cccnc1. The second-order valence-corrected chi connectivity index (χ2v) is 6.99. The molecule has 0 spiro atoms. The summed E-state index contributed by atoms with van der Waals surface area (Å²) in [6.45, 7) is 0. The fraction of sp³-hybridized carbons (Fsp3) is 0.235. The molecule has 0 radical (unpaired) electrons. The maximum absolute atomic E-state index is 12.5. The third-order valence-electron chi connectivity index (χ3n) is 3.34. The van der Waals surface area contributed by atoms with Crippen LogP contribution in [0.2, 0.25) is 10.0 Å². The molecule has 1 atom stereocenters. The van der Waals surface area contributed by atoms with Crippen molar-refractivity contribution in [1.29, 1.82) is 0 Å². The number of anilines is 1. The van der Waals surface area contributed by atoms with Crippen LogP contribution in [-0.4, -0.2) is 34.8 Å². The molecule has 2 N–H and O–H groups in total. The monoisotopic (exact) mass is 397 g/mol. The maximum Gasteiger partial charge on any atom is 0.253 e. The Morgan fingerprint density at radius 3 is 2.72 bits per heavy atom. The average molecular weight is 398 g/mol. The van der Waals surface area contributed by atoms with Crippen LogP contribution in [0.1, 0.15) is 16.8 Å². The van der Waals surface area contributed by atoms with Gasteiger partial charge in [0.15, 0.2) is 0 Å². The van der Waals surface area contributed by atoms with Crippen molar-refractivity contribution in [1.82, 2.24) is 10.3 Å². The first-order chi connectivity index (χ1) is 12.0. The van der Waals surface area contributed by atoms with Gasteiger partial charge in [-0.15, -0.1) is 0 Å². The highest BCUT2D eigenvalue weighted by molar-refractivity contribution is 7.98. The molecule has 2 amide bonds. The van der Waals surface area contributed by atoms with E-state index in [0.717, 1.165) is 5.75 Å². The van der Waals surface area contributed by atoms with Crippen molar-refractivity contribution in [2.45, 2.75) is 12.5 Å². The molecule has 0 fully saturated rings. The number of carbonyl (C=O) groups excluding carboxylic acids is 2. The van der Waals surface area contributed by atoms with Gasteiger partial charge in [-0.1, -0.05) is 23.2 Å². The summed E-state index contributed by atoms with van der Waals surface area (Å²) in [5, 5.41) is 6.17. The Labute approximate surface area is 160 Å². The number of thioether (sulfide) groups is 1. The Kier molecular flexibility index (Phi) is 7.55. The molecule has 2 rings (SSSR count). The molecule has 1 aromatic carbocycles. The van der Waals surface area contributed by atoms with Crippen LogP contribution in [0, 0.1) is 0 Å². The first-order valence-electron chi connectivity index (χ1n) is 7.47. The number of benzene rings is 1. The van der Waals surface area contributed by atoms with Crippen molar-refractivity contribution in [3.63, 3.8) is 0 Å². The first-order valence-corrected chi connectivity index (χ1v) is 9.62. The van der Waals surface area contributed by atoms with Crippen LogP contribution >= 0.6 is 35.0 Å². The molecule has 0 bridgehead atoms. The number of rotatable bonds is 7. The molecule has 1 aromatic heterocycles. The van der Waals surface area contributed by atoms with Gasteiger partial charge in [-0.25, -0.2) is 0 Å². The summed E-state index contributed by atoms with van der Waals surface area (Å²) in [5.74, 6) is -0.00525. The molecule has 1 unspecified atom stereocenters. The van der Waals surface area contributed by atoms with Crippen LogP contribution in [0.3, 0.4) is 0 Å². The molecule has 2 aromatic rings. The number of pyridine rings is 1. The van der Waals surface area contributed by atoms with Crippen LogP contribution in [0.4, 0.5) is 5.69 Å². The van der Waals surface area contributed by atoms with Crippen molar-refractivity contribution >= 4 is 52.5 Å². The normalized spacial score (nSPS) is 11.6. The lowest BCUT2D eigenvalue weighted by atomic mass is 10.1. The van der Waals surface area contributed by atoms with Gasteiger partial charge in [0.25, 0.3) is 5.91 Å². The highest BCUT2D eigenvalue weighted by Gasteiger charge is 2.22. The summed E-state index contributed by atoms with van der Waals surface area (Å²) < 4.78 is 0. The molecule has 5 nitrogen and oxygen atoms in total. The maximum atomic E-state index is 12.5. The van der Waals surface area contributed by atoms with Crippen LogP contribution in [0.25, 0.3) is 0 Å². The van der Waals surface area contributed by atoms with E-state index >= 15 is 0 Å². The van der Waals surface area contributed by atoms with Crippen molar-refractivity contribution in [3.05, 3.63) is 58.3 Å². The molecule has 0 saturated heterocycles. The minimum Gasteiger partial charge on any atom is -0.340 e. The van der Waals surface area contributed by atoms with Gasteiger partial charge in [0.1, 0.15) is 6.04 Å². The molecule has 132 valence electrons. The van der Waals surface area contributed by atoms with E-state index < -0.39 is 11.9 Å². The van der Waals surface area contributed by atoms with E-state index in [1.807, 2.05) is 6.26 Å². The molecule has 1 heterocycles. The van der Waals surface area contributed by atoms with Gasteiger partial charge in [0.2, 0.25) is 5.91 Å². The van der Waals surface area contributed by atoms with Crippen LogP contribution in [0.15, 0.2) is 42.7 Å². The minimum atomic E-state index is -0.688. The van der Waals surface area contributed by atoms with E-state index in [1.165, 1.54) is 12.1 Å². The van der Waals surface area contributed by atoms with Crippen molar-refractivity contribution < 1.29 is 9.59 Å². The van der Waals surface area contributed by atoms with Gasteiger partial charge in [0.05, 0.1) is 22.5 Å². The predicted octanol–water partition coefficient (Wildman–Crippen LogP) is 3.88. The average Bonchev–Trinajstić information content (AvgIpc) is 2.59. The number of aromatic nitrogens is 1. The molecule has 0 saturated carbocycles. The molecule has 8 heteroatoms. The van der Waals surface area contributed by atoms with E-state index in [1.54, 1.807) is 42.4 Å². The summed E-state index contributed by atoms with van der Waals surface area (Å²) in [6.07, 6.45) is 5.59. The van der Waals surface area contributed by atoms with E-state index in [9.17, 15) is 9.59 Å². The molecular weight excluding hydrogens is 381 g/mol. The highest BCUT2D eigenvalue weighted by Crippen LogP contribution is 2.21. The standard InChI is InChI=1S/C17H17Cl2N3O2S/c1-25-8-6-15(17(24)21-12-3-2-7-20-10-12)22-16(23)13-5-4-11(18)9-14(13)19/h2-5,7,9-10,15H,6,8H2,1H3,(H,21,24)(H,22,23). The quantitative estimate of drug-likeness (QED) is 0.743. The van der Waals surface area contributed by atoms with E-state index in [4.69, 9.17) is 23.2 Å². The van der Waals surface area contributed by atoms with Gasteiger partial charge in [0, 0.05) is 11.2 Å². The summed E-state index contributed by atoms with van der Waals surface area (Å²) in [6, 6.07) is 7.36. The van der Waals surface area contributed by atoms with Crippen LogP contribution < -0.4 is 10.6 Å². The lowest BCUT2D eigenvalue weighted by molar-refractivity contribution is -0.118. The Morgan fingerprint density at radius 2 is 2.08 bits per heavy atom. The fourth-order valence-corrected chi connectivity index (χ4v) is 3.05. The van der Waals surface area contributed by atoms with Crippen LogP contribution in [-0.2, 0) is 4.79 Å². The number of amides is 2. The number of hydrogen-bond donors (Lipinski definition) is 2. The Morgan fingerprint density at radius 1 is 1.28 bits per heavy atom. The number of halogens is 2. The van der Waals surface area contributed by atoms with Gasteiger partial charge >= 0.3 is 0 Å². The molecule has 0 aliphatic rings. The van der Waals surface area contributed by atoms with E-state index in [2.05, 4.69) is 15.6 Å². The van der Waals surface area contributed by atoms with Gasteiger partial charge in [-0.2, -0.15) is 11.8 Å². The zero-order valence-corrected chi connectivity index (χ0v) is 15.8. The third-order valence-corrected chi connectivity index (χ3v) is 4.53. The zero-order chi connectivity index (χ0) is 18.2. The first kappa shape index (κ1) is 19.6. The summed E-state index contributed by atoms with van der Waals surface area (Å²) >= 11 is 13.5. The number of nitrogens with one attached hydrogen (secondary N) is 2. The summed E-state index contributed by atoms with van der Waals surface area (Å²) in [7, 11) is 0. The van der Waals surface area contributed by atoms with Gasteiger partial charge in [-0.05, 0) is 48.8 Å². The second-order valence-electron chi connectivity index (χ2n) is 5.16. The summed E-state index contributed by atoms with van der Waals surface area (Å²) in [5.41, 5.74) is 0.842. The number of carbonyl (C=O) groups is 2. The van der Waals surface area contributed by atoms with Gasteiger partial charge in [-0.3, -0.25) is 14.6 Å². The summed E-state index contributed by atoms with van der Waals surface area (Å²) in [4.78, 5) is 28.9. The lowest BCUT2D eigenvalue weighted by Gasteiger charge is -2.18. The Hall–Kier alpha value is -1.76. The Balaban J connectivity index is 2.10. The van der Waals surface area contributed by atoms with E-state index in [-0.39, 0.29) is 16.5 Å². The molecule has 0 aliphatic carbocycles. The van der Waals surface area contributed by atoms with Gasteiger partial charge < -0.3 is 10.6 Å². The van der Waals surface area contributed by atoms with Crippen molar-refractivity contribution in [3.8, 4) is 0 Å². The second kappa shape index (κ2) is 9.65. The predicted molar refractivity (Wildman–Crippen MR) is 104 cm³/mol. The molecule has 25 heavy (non-hydrogen) atoms. The molecular formula is C17H17Cl2N3O2S. The number of nitrogens with zero attached hydrogens (tertiary/aromatic N) is 1. The van der Waals surface area contributed by atoms with E-state index in [0.29, 0.717) is 17.1 Å². The Bertz CT molecular complexity index is 744. The number of hydrogen-bond acceptors (Lipinski definition) is 4. The minimum absolute atomic E-state index is 0.237. The zero-order valence-electron chi connectivity index (χ0n) is 13.5. The lowest BCUT2D eigenvalue weighted by Crippen LogP contribution is -2.44. The van der Waals surface area contributed by atoms with Crippen LogP contribution in [0.5, 0.6) is 0 Å². The van der Waals surface area contributed by atoms with Crippen molar-refractivity contribution in [2.24, 2.45) is 0 Å². The third kappa shape index (κ3) is 5.92.